The van der Waals surface area contributed by atoms with Crippen molar-refractivity contribution in [2.24, 2.45) is 12.5 Å². The highest BCUT2D eigenvalue weighted by Crippen LogP contribution is 2.42. The fourth-order valence-electron chi connectivity index (χ4n) is 3.48. The molecule has 1 aliphatic rings. The van der Waals surface area contributed by atoms with Gasteiger partial charge in [0.25, 0.3) is 0 Å². The summed E-state index contributed by atoms with van der Waals surface area (Å²) in [7, 11) is 1.91. The van der Waals surface area contributed by atoms with E-state index in [1.807, 2.05) is 22.6 Å². The van der Waals surface area contributed by atoms with Crippen molar-refractivity contribution in [3.8, 4) is 0 Å². The third-order valence-corrected chi connectivity index (χ3v) is 4.87. The molecule has 1 saturated heterocycles. The first-order valence-corrected chi connectivity index (χ1v) is 8.13. The molecule has 1 aromatic carbocycles. The summed E-state index contributed by atoms with van der Waals surface area (Å²) in [5.41, 5.74) is 1.42. The van der Waals surface area contributed by atoms with E-state index in [0.29, 0.717) is 18.8 Å². The molecule has 2 heterocycles. The van der Waals surface area contributed by atoms with Crippen LogP contribution in [0.15, 0.2) is 36.7 Å². The van der Waals surface area contributed by atoms with Gasteiger partial charge in [0.1, 0.15) is 12.2 Å². The number of rotatable bonds is 4. The maximum Gasteiger partial charge on any atom is 0.223 e. The van der Waals surface area contributed by atoms with E-state index in [2.05, 4.69) is 48.3 Å². The lowest BCUT2D eigenvalue weighted by atomic mass is 9.78. The van der Waals surface area contributed by atoms with Crippen molar-refractivity contribution in [3.05, 3.63) is 48.0 Å². The molecule has 0 N–H and O–H groups in total. The molecule has 5 heteroatoms. The molecule has 1 amide bonds. The lowest BCUT2D eigenvalue weighted by molar-refractivity contribution is -0.130. The van der Waals surface area contributed by atoms with Crippen LogP contribution in [0.25, 0.3) is 0 Å². The zero-order valence-corrected chi connectivity index (χ0v) is 14.1. The van der Waals surface area contributed by atoms with Crippen LogP contribution in [0, 0.1) is 5.41 Å². The first-order chi connectivity index (χ1) is 11.0. The van der Waals surface area contributed by atoms with Crippen LogP contribution in [0.3, 0.4) is 0 Å². The number of nitrogens with zero attached hydrogens (tertiary/aromatic N) is 4. The molecular weight excluding hydrogens is 288 g/mol. The third-order valence-electron chi connectivity index (χ3n) is 4.87. The molecule has 0 radical (unpaired) electrons. The van der Waals surface area contributed by atoms with Gasteiger partial charge in [0.05, 0.1) is 0 Å². The largest absolute Gasteiger partial charge is 0.341 e. The van der Waals surface area contributed by atoms with Crippen LogP contribution in [0.4, 0.5) is 0 Å². The number of carbonyl (C=O) groups is 1. The molecule has 0 aliphatic carbocycles. The monoisotopic (exact) mass is 312 g/mol. The van der Waals surface area contributed by atoms with E-state index in [0.717, 1.165) is 18.9 Å². The van der Waals surface area contributed by atoms with Crippen molar-refractivity contribution in [2.75, 3.05) is 13.1 Å². The third kappa shape index (κ3) is 3.28. The topological polar surface area (TPSA) is 51.0 Å². The Bertz CT molecular complexity index is 677. The normalized spacial score (nSPS) is 20.0. The predicted molar refractivity (Wildman–Crippen MR) is 88.9 cm³/mol. The van der Waals surface area contributed by atoms with Crippen LogP contribution in [0.2, 0.25) is 0 Å². The smallest absolute Gasteiger partial charge is 0.223 e. The Hall–Kier alpha value is -2.17. The summed E-state index contributed by atoms with van der Waals surface area (Å²) >= 11 is 0. The molecule has 1 atom stereocenters. The Labute approximate surface area is 137 Å². The van der Waals surface area contributed by atoms with Gasteiger partial charge in [-0.25, -0.2) is 0 Å². The lowest BCUT2D eigenvalue weighted by Crippen LogP contribution is -2.30. The molecule has 1 aromatic heterocycles. The second-order valence-corrected chi connectivity index (χ2v) is 7.08. The van der Waals surface area contributed by atoms with E-state index >= 15 is 0 Å². The molecule has 0 saturated carbocycles. The number of aryl methyl sites for hydroxylation is 2. The van der Waals surface area contributed by atoms with Gasteiger partial charge in [0, 0.05) is 38.9 Å². The highest BCUT2D eigenvalue weighted by atomic mass is 16.2. The lowest BCUT2D eigenvalue weighted by Gasteiger charge is -2.25. The van der Waals surface area contributed by atoms with Crippen LogP contribution < -0.4 is 0 Å². The average molecular weight is 312 g/mol. The highest BCUT2D eigenvalue weighted by Gasteiger charge is 2.41. The van der Waals surface area contributed by atoms with Crippen LogP contribution in [0.5, 0.6) is 0 Å². The quantitative estimate of drug-likeness (QED) is 0.871. The molecule has 0 spiro atoms. The van der Waals surface area contributed by atoms with E-state index in [1.54, 1.807) is 6.33 Å². The standard InChI is InChI=1S/C18H24N4O/c1-18(2)12-22(11-15(18)14-7-5-4-6-8-14)17(23)10-9-16-20-19-13-21(16)3/h4-8,13,15H,9-12H2,1-3H3. The Morgan fingerprint density at radius 1 is 1.30 bits per heavy atom. The predicted octanol–water partition coefficient (Wildman–Crippen LogP) is 2.40. The molecule has 5 nitrogen and oxygen atoms in total. The van der Waals surface area contributed by atoms with Gasteiger partial charge in [0.2, 0.25) is 5.91 Å². The minimum absolute atomic E-state index is 0.0990. The highest BCUT2D eigenvalue weighted by molar-refractivity contribution is 5.77. The summed E-state index contributed by atoms with van der Waals surface area (Å²) in [4.78, 5) is 14.6. The van der Waals surface area contributed by atoms with Gasteiger partial charge in [-0.1, -0.05) is 44.2 Å². The van der Waals surface area contributed by atoms with E-state index in [-0.39, 0.29) is 11.3 Å². The average Bonchev–Trinajstić information content (AvgIpc) is 3.08. The van der Waals surface area contributed by atoms with Crippen molar-refractivity contribution in [1.29, 1.82) is 0 Å². The molecule has 122 valence electrons. The molecule has 1 fully saturated rings. The van der Waals surface area contributed by atoms with E-state index in [9.17, 15) is 4.79 Å². The van der Waals surface area contributed by atoms with E-state index < -0.39 is 0 Å². The molecule has 1 unspecified atom stereocenters. The zero-order chi connectivity index (χ0) is 16.4. The molecule has 0 bridgehead atoms. The van der Waals surface area contributed by atoms with Crippen LogP contribution in [-0.2, 0) is 18.3 Å². The maximum atomic E-state index is 12.6. The second-order valence-electron chi connectivity index (χ2n) is 7.08. The van der Waals surface area contributed by atoms with Gasteiger partial charge in [0.15, 0.2) is 0 Å². The molecule has 3 rings (SSSR count). The number of carbonyl (C=O) groups excluding carboxylic acids is 1. The van der Waals surface area contributed by atoms with Gasteiger partial charge in [-0.2, -0.15) is 0 Å². The Balaban J connectivity index is 1.65. The Morgan fingerprint density at radius 2 is 2.04 bits per heavy atom. The van der Waals surface area contributed by atoms with Crippen LogP contribution in [0.1, 0.15) is 37.6 Å². The Morgan fingerprint density at radius 3 is 2.70 bits per heavy atom. The summed E-state index contributed by atoms with van der Waals surface area (Å²) < 4.78 is 1.87. The fourth-order valence-corrected chi connectivity index (χ4v) is 3.48. The first-order valence-electron chi connectivity index (χ1n) is 8.13. The van der Waals surface area contributed by atoms with Crippen LogP contribution in [-0.4, -0.2) is 38.7 Å². The maximum absolute atomic E-state index is 12.6. The van der Waals surface area contributed by atoms with Gasteiger partial charge < -0.3 is 9.47 Å². The van der Waals surface area contributed by atoms with Crippen molar-refractivity contribution in [2.45, 2.75) is 32.6 Å². The van der Waals surface area contributed by atoms with Crippen molar-refractivity contribution in [1.82, 2.24) is 19.7 Å². The molecular formula is C18H24N4O. The SMILES string of the molecule is Cn1cnnc1CCC(=O)N1CC(c2ccccc2)C(C)(C)C1. The molecule has 23 heavy (non-hydrogen) atoms. The number of amides is 1. The summed E-state index contributed by atoms with van der Waals surface area (Å²) in [5, 5.41) is 7.91. The summed E-state index contributed by atoms with van der Waals surface area (Å²) in [6.07, 6.45) is 2.80. The van der Waals surface area contributed by atoms with E-state index in [1.165, 1.54) is 5.56 Å². The minimum Gasteiger partial charge on any atom is -0.341 e. The fraction of sp³-hybridized carbons (Fsp3) is 0.500. The number of hydrogen-bond donors (Lipinski definition) is 0. The van der Waals surface area contributed by atoms with Gasteiger partial charge in [-0.15, -0.1) is 10.2 Å². The first kappa shape index (κ1) is 15.7. The van der Waals surface area contributed by atoms with Gasteiger partial charge in [-0.3, -0.25) is 4.79 Å². The number of aromatic nitrogens is 3. The Kier molecular flexibility index (Phi) is 4.20. The molecule has 2 aromatic rings. The van der Waals surface area contributed by atoms with Crippen molar-refractivity contribution < 1.29 is 4.79 Å². The van der Waals surface area contributed by atoms with E-state index in [4.69, 9.17) is 0 Å². The van der Waals surface area contributed by atoms with Crippen molar-refractivity contribution in [3.63, 3.8) is 0 Å². The van der Waals surface area contributed by atoms with Crippen LogP contribution >= 0.6 is 0 Å². The van der Waals surface area contributed by atoms with Gasteiger partial charge in [-0.05, 0) is 11.0 Å². The second kappa shape index (κ2) is 6.14. The number of hydrogen-bond acceptors (Lipinski definition) is 3. The summed E-state index contributed by atoms with van der Waals surface area (Å²) in [6.45, 7) is 6.11. The minimum atomic E-state index is 0.0990. The summed E-state index contributed by atoms with van der Waals surface area (Å²) in [6, 6.07) is 10.5. The number of likely N-dealkylation sites (tertiary alicyclic amines) is 1. The van der Waals surface area contributed by atoms with Gasteiger partial charge >= 0.3 is 0 Å². The zero-order valence-electron chi connectivity index (χ0n) is 14.1. The molecule has 1 aliphatic heterocycles. The van der Waals surface area contributed by atoms with Crippen molar-refractivity contribution >= 4 is 5.91 Å². The summed E-state index contributed by atoms with van der Waals surface area (Å²) in [5.74, 6) is 1.46. The number of benzene rings is 1.